The highest BCUT2D eigenvalue weighted by Gasteiger charge is 2.13. The number of hydrogen-bond acceptors (Lipinski definition) is 3. The van der Waals surface area contributed by atoms with E-state index in [2.05, 4.69) is 0 Å². The van der Waals surface area contributed by atoms with Gasteiger partial charge in [-0.3, -0.25) is 10.1 Å². The van der Waals surface area contributed by atoms with E-state index in [9.17, 15) is 10.1 Å². The maximum atomic E-state index is 10.4. The van der Waals surface area contributed by atoms with Gasteiger partial charge >= 0.3 is 0 Å². The molecule has 1 rings (SSSR count). The molecular weight excluding hydrogens is 186 g/mol. The number of aryl methyl sites for hydroxylation is 1. The van der Waals surface area contributed by atoms with E-state index >= 15 is 0 Å². The number of hydrogen-bond donors (Lipinski definition) is 0. The molecule has 1 unspecified atom stereocenters. The van der Waals surface area contributed by atoms with Gasteiger partial charge in [-0.05, 0) is 30.8 Å². The Bertz CT molecular complexity index is 297. The van der Waals surface area contributed by atoms with Crippen LogP contribution in [0.4, 0.5) is 0 Å². The van der Waals surface area contributed by atoms with Crippen LogP contribution >= 0.6 is 11.8 Å². The van der Waals surface area contributed by atoms with Gasteiger partial charge < -0.3 is 0 Å². The first-order chi connectivity index (χ1) is 6.09. The van der Waals surface area contributed by atoms with Crippen LogP contribution in [0, 0.1) is 17.0 Å². The molecule has 1 aromatic rings. The highest BCUT2D eigenvalue weighted by molar-refractivity contribution is 7.99. The highest BCUT2D eigenvalue weighted by atomic mass is 32.2. The zero-order chi connectivity index (χ0) is 9.84. The van der Waals surface area contributed by atoms with E-state index in [-0.39, 0.29) is 4.92 Å². The van der Waals surface area contributed by atoms with Gasteiger partial charge in [0.05, 0.1) is 0 Å². The van der Waals surface area contributed by atoms with E-state index in [0.717, 1.165) is 10.5 Å². The summed E-state index contributed by atoms with van der Waals surface area (Å²) in [4.78, 5) is 11.0. The zero-order valence-electron chi connectivity index (χ0n) is 7.56. The van der Waals surface area contributed by atoms with Crippen molar-refractivity contribution < 1.29 is 4.92 Å². The fraction of sp³-hybridized carbons (Fsp3) is 0.333. The van der Waals surface area contributed by atoms with Crippen molar-refractivity contribution in [1.29, 1.82) is 0 Å². The van der Waals surface area contributed by atoms with E-state index < -0.39 is 5.37 Å². The van der Waals surface area contributed by atoms with Gasteiger partial charge in [0.15, 0.2) is 0 Å². The molecule has 1 aromatic carbocycles. The molecule has 0 N–H and O–H groups in total. The van der Waals surface area contributed by atoms with Crippen LogP contribution in [0.25, 0.3) is 0 Å². The normalized spacial score (nSPS) is 12.5. The molecule has 0 aliphatic rings. The molecule has 0 aliphatic heterocycles. The molecule has 0 saturated heterocycles. The number of thioether (sulfide) groups is 1. The molecule has 3 nitrogen and oxygen atoms in total. The van der Waals surface area contributed by atoms with Gasteiger partial charge in [0.25, 0.3) is 5.37 Å². The molecule has 4 heteroatoms. The third-order valence-electron chi connectivity index (χ3n) is 1.62. The number of benzene rings is 1. The molecule has 0 aromatic heterocycles. The summed E-state index contributed by atoms with van der Waals surface area (Å²) in [5.74, 6) is 0. The van der Waals surface area contributed by atoms with Crippen molar-refractivity contribution >= 4 is 11.8 Å². The van der Waals surface area contributed by atoms with Gasteiger partial charge in [0.1, 0.15) is 0 Å². The lowest BCUT2D eigenvalue weighted by atomic mass is 10.2. The van der Waals surface area contributed by atoms with Gasteiger partial charge in [-0.25, -0.2) is 0 Å². The third-order valence-corrected chi connectivity index (χ3v) is 2.68. The Labute approximate surface area is 81.3 Å². The summed E-state index contributed by atoms with van der Waals surface area (Å²) >= 11 is 1.26. The fourth-order valence-corrected chi connectivity index (χ4v) is 1.63. The Morgan fingerprint density at radius 2 is 1.92 bits per heavy atom. The molecule has 1 atom stereocenters. The first-order valence-corrected chi connectivity index (χ1v) is 4.84. The van der Waals surface area contributed by atoms with E-state index in [1.54, 1.807) is 6.92 Å². The second-order valence-corrected chi connectivity index (χ2v) is 4.20. The molecule has 0 heterocycles. The van der Waals surface area contributed by atoms with Gasteiger partial charge in [0.2, 0.25) is 0 Å². The lowest BCUT2D eigenvalue weighted by molar-refractivity contribution is -0.490. The first-order valence-electron chi connectivity index (χ1n) is 3.96. The monoisotopic (exact) mass is 197 g/mol. The molecule has 0 bridgehead atoms. The smallest absolute Gasteiger partial charge is 0.259 e. The molecular formula is C9H11NO2S. The Balaban J connectivity index is 2.64. The van der Waals surface area contributed by atoms with Crippen molar-refractivity contribution in [2.24, 2.45) is 0 Å². The molecule has 0 radical (unpaired) electrons. The molecule has 0 spiro atoms. The molecule has 13 heavy (non-hydrogen) atoms. The Morgan fingerprint density at radius 3 is 2.38 bits per heavy atom. The second-order valence-electron chi connectivity index (χ2n) is 2.82. The van der Waals surface area contributed by atoms with Crippen molar-refractivity contribution in [3.8, 4) is 0 Å². The van der Waals surface area contributed by atoms with Crippen LogP contribution < -0.4 is 0 Å². The summed E-state index contributed by atoms with van der Waals surface area (Å²) in [5.41, 5.74) is 1.16. The minimum atomic E-state index is -0.581. The predicted molar refractivity (Wildman–Crippen MR) is 53.5 cm³/mol. The quantitative estimate of drug-likeness (QED) is 0.324. The van der Waals surface area contributed by atoms with Crippen LogP contribution in [0.5, 0.6) is 0 Å². The van der Waals surface area contributed by atoms with E-state index in [1.807, 2.05) is 31.2 Å². The first kappa shape index (κ1) is 10.1. The van der Waals surface area contributed by atoms with Crippen LogP contribution in [0.2, 0.25) is 0 Å². The molecule has 0 amide bonds. The zero-order valence-corrected chi connectivity index (χ0v) is 8.38. The number of rotatable bonds is 3. The van der Waals surface area contributed by atoms with E-state index in [1.165, 1.54) is 11.8 Å². The average Bonchev–Trinajstić information content (AvgIpc) is 2.08. The maximum Gasteiger partial charge on any atom is 0.259 e. The number of nitro groups is 1. The fourth-order valence-electron chi connectivity index (χ4n) is 0.857. The summed E-state index contributed by atoms with van der Waals surface area (Å²) in [6.07, 6.45) is 0. The number of nitrogens with zero attached hydrogens (tertiary/aromatic N) is 1. The predicted octanol–water partition coefficient (Wildman–Crippen LogP) is 2.71. The van der Waals surface area contributed by atoms with Crippen molar-refractivity contribution in [2.45, 2.75) is 24.1 Å². The lowest BCUT2D eigenvalue weighted by Crippen LogP contribution is -2.09. The Morgan fingerprint density at radius 1 is 1.38 bits per heavy atom. The SMILES string of the molecule is Cc1ccc(SC(C)[N+](=O)[O-])cc1. The topological polar surface area (TPSA) is 43.1 Å². The third kappa shape index (κ3) is 3.06. The van der Waals surface area contributed by atoms with Crippen LogP contribution in [-0.4, -0.2) is 10.3 Å². The van der Waals surface area contributed by atoms with Crippen molar-refractivity contribution in [1.82, 2.24) is 0 Å². The van der Waals surface area contributed by atoms with Crippen molar-refractivity contribution in [2.75, 3.05) is 0 Å². The minimum absolute atomic E-state index is 0.287. The van der Waals surface area contributed by atoms with Crippen LogP contribution in [-0.2, 0) is 0 Å². The van der Waals surface area contributed by atoms with Crippen LogP contribution in [0.1, 0.15) is 12.5 Å². The molecule has 70 valence electrons. The standard InChI is InChI=1S/C9H11NO2S/c1-7-3-5-9(6-4-7)13-8(2)10(11)12/h3-6,8H,1-2H3. The average molecular weight is 197 g/mol. The minimum Gasteiger partial charge on any atom is -0.263 e. The summed E-state index contributed by atoms with van der Waals surface area (Å²) in [6.45, 7) is 3.58. The summed E-state index contributed by atoms with van der Waals surface area (Å²) < 4.78 is 0. The van der Waals surface area contributed by atoms with Crippen LogP contribution in [0.3, 0.4) is 0 Å². The van der Waals surface area contributed by atoms with Gasteiger partial charge in [0, 0.05) is 16.7 Å². The van der Waals surface area contributed by atoms with Gasteiger partial charge in [-0.2, -0.15) is 0 Å². The summed E-state index contributed by atoms with van der Waals surface area (Å²) in [6, 6.07) is 7.71. The molecule has 0 saturated carbocycles. The summed E-state index contributed by atoms with van der Waals surface area (Å²) in [5, 5.41) is 9.77. The highest BCUT2D eigenvalue weighted by Crippen LogP contribution is 2.23. The van der Waals surface area contributed by atoms with E-state index in [0.29, 0.717) is 0 Å². The lowest BCUT2D eigenvalue weighted by Gasteiger charge is -2.03. The van der Waals surface area contributed by atoms with Crippen LogP contribution in [0.15, 0.2) is 29.2 Å². The van der Waals surface area contributed by atoms with Gasteiger partial charge in [-0.1, -0.05) is 17.7 Å². The van der Waals surface area contributed by atoms with Crippen molar-refractivity contribution in [3.63, 3.8) is 0 Å². The Hall–Kier alpha value is -1.03. The second kappa shape index (κ2) is 4.28. The molecule has 0 fully saturated rings. The largest absolute Gasteiger partial charge is 0.263 e. The van der Waals surface area contributed by atoms with E-state index in [4.69, 9.17) is 0 Å². The van der Waals surface area contributed by atoms with Gasteiger partial charge in [-0.15, -0.1) is 0 Å². The van der Waals surface area contributed by atoms with Crippen molar-refractivity contribution in [3.05, 3.63) is 39.9 Å². The maximum absolute atomic E-state index is 10.4. The molecule has 0 aliphatic carbocycles. The Kier molecular flexibility index (Phi) is 3.31. The summed E-state index contributed by atoms with van der Waals surface area (Å²) in [7, 11) is 0.